The summed E-state index contributed by atoms with van der Waals surface area (Å²) in [5.74, 6) is 1.09. The average Bonchev–Trinajstić information content (AvgIpc) is 2.92. The first kappa shape index (κ1) is 15.3. The molecule has 2 rings (SSSR count). The largest absolute Gasteiger partial charge is 0.490 e. The zero-order valence-electron chi connectivity index (χ0n) is 13.0. The maximum atomic E-state index is 6.19. The van der Waals surface area contributed by atoms with E-state index in [1.54, 1.807) is 7.11 Å². The van der Waals surface area contributed by atoms with Crippen LogP contribution in [0, 0.1) is 13.8 Å². The molecular weight excluding hydrogens is 250 g/mol. The molecule has 0 spiro atoms. The van der Waals surface area contributed by atoms with Crippen LogP contribution in [0.5, 0.6) is 5.75 Å². The molecule has 0 aromatic heterocycles. The number of ether oxygens (including phenoxy) is 2. The van der Waals surface area contributed by atoms with Crippen molar-refractivity contribution >= 4 is 0 Å². The van der Waals surface area contributed by atoms with Crippen LogP contribution in [-0.2, 0) is 11.3 Å². The van der Waals surface area contributed by atoms with Gasteiger partial charge in [-0.15, -0.1) is 0 Å². The van der Waals surface area contributed by atoms with Crippen LogP contribution in [0.4, 0.5) is 0 Å². The standard InChI is InChI=1S/C17H27NO2/c1-13-10-15(12-18-8-9-19-3)11-14(2)17(13)20-16-6-4-5-7-16/h10-11,16,18H,4-9,12H2,1-3H3. The number of methoxy groups -OCH3 is 1. The molecule has 0 bridgehead atoms. The smallest absolute Gasteiger partial charge is 0.125 e. The van der Waals surface area contributed by atoms with E-state index < -0.39 is 0 Å². The van der Waals surface area contributed by atoms with Gasteiger partial charge in [0, 0.05) is 20.2 Å². The zero-order valence-corrected chi connectivity index (χ0v) is 13.0. The molecule has 3 heteroatoms. The number of aryl methyl sites for hydroxylation is 2. The van der Waals surface area contributed by atoms with Crippen LogP contribution in [-0.4, -0.2) is 26.4 Å². The van der Waals surface area contributed by atoms with E-state index in [1.165, 1.54) is 42.4 Å². The molecule has 1 aliphatic rings. The van der Waals surface area contributed by atoms with Crippen LogP contribution < -0.4 is 10.1 Å². The third-order valence-electron chi connectivity index (χ3n) is 3.92. The normalized spacial score (nSPS) is 15.8. The van der Waals surface area contributed by atoms with Crippen molar-refractivity contribution in [1.82, 2.24) is 5.32 Å². The molecule has 0 heterocycles. The van der Waals surface area contributed by atoms with Crippen molar-refractivity contribution < 1.29 is 9.47 Å². The Balaban J connectivity index is 1.96. The Bertz CT molecular complexity index is 402. The van der Waals surface area contributed by atoms with E-state index in [0.29, 0.717) is 6.10 Å². The molecule has 20 heavy (non-hydrogen) atoms. The molecule has 0 unspecified atom stereocenters. The fraction of sp³-hybridized carbons (Fsp3) is 0.647. The molecule has 3 nitrogen and oxygen atoms in total. The molecule has 1 saturated carbocycles. The van der Waals surface area contributed by atoms with Gasteiger partial charge < -0.3 is 14.8 Å². The quantitative estimate of drug-likeness (QED) is 0.775. The molecule has 1 aromatic rings. The summed E-state index contributed by atoms with van der Waals surface area (Å²) < 4.78 is 11.2. The van der Waals surface area contributed by atoms with Crippen LogP contribution in [0.25, 0.3) is 0 Å². The van der Waals surface area contributed by atoms with Crippen LogP contribution in [0.15, 0.2) is 12.1 Å². The summed E-state index contributed by atoms with van der Waals surface area (Å²) in [5, 5.41) is 3.38. The minimum Gasteiger partial charge on any atom is -0.490 e. The van der Waals surface area contributed by atoms with Gasteiger partial charge in [-0.05, 0) is 56.2 Å². The Morgan fingerprint density at radius 1 is 1.15 bits per heavy atom. The number of hydrogen-bond donors (Lipinski definition) is 1. The van der Waals surface area contributed by atoms with E-state index in [2.05, 4.69) is 31.3 Å². The molecule has 0 atom stereocenters. The maximum absolute atomic E-state index is 6.19. The van der Waals surface area contributed by atoms with Gasteiger partial charge >= 0.3 is 0 Å². The number of rotatable bonds is 7. The molecule has 1 N–H and O–H groups in total. The van der Waals surface area contributed by atoms with E-state index in [0.717, 1.165) is 25.4 Å². The van der Waals surface area contributed by atoms with Gasteiger partial charge in [0.15, 0.2) is 0 Å². The van der Waals surface area contributed by atoms with E-state index in [1.807, 2.05) is 0 Å². The van der Waals surface area contributed by atoms with Gasteiger partial charge in [-0.3, -0.25) is 0 Å². The first-order valence-electron chi connectivity index (χ1n) is 7.67. The number of benzene rings is 1. The van der Waals surface area contributed by atoms with Crippen LogP contribution >= 0.6 is 0 Å². The molecule has 0 aliphatic heterocycles. The second kappa shape index (κ2) is 7.65. The molecule has 1 aliphatic carbocycles. The lowest BCUT2D eigenvalue weighted by atomic mass is 10.1. The minimum absolute atomic E-state index is 0.429. The summed E-state index contributed by atoms with van der Waals surface area (Å²) in [6, 6.07) is 4.47. The Hall–Kier alpha value is -1.06. The van der Waals surface area contributed by atoms with Gasteiger partial charge in [-0.1, -0.05) is 12.1 Å². The molecule has 0 saturated heterocycles. The molecule has 1 fully saturated rings. The highest BCUT2D eigenvalue weighted by molar-refractivity contribution is 5.43. The summed E-state index contributed by atoms with van der Waals surface area (Å²) >= 11 is 0. The summed E-state index contributed by atoms with van der Waals surface area (Å²) in [7, 11) is 1.73. The van der Waals surface area contributed by atoms with Crippen molar-refractivity contribution in [2.45, 2.75) is 52.2 Å². The summed E-state index contributed by atoms with van der Waals surface area (Å²) in [5.41, 5.74) is 3.82. The summed E-state index contributed by atoms with van der Waals surface area (Å²) in [4.78, 5) is 0. The lowest BCUT2D eigenvalue weighted by molar-refractivity contribution is 0.199. The highest BCUT2D eigenvalue weighted by Crippen LogP contribution is 2.30. The Morgan fingerprint density at radius 3 is 2.40 bits per heavy atom. The van der Waals surface area contributed by atoms with Gasteiger partial charge in [0.25, 0.3) is 0 Å². The third kappa shape index (κ3) is 4.22. The molecular formula is C17H27NO2. The van der Waals surface area contributed by atoms with Crippen molar-refractivity contribution in [1.29, 1.82) is 0 Å². The highest BCUT2D eigenvalue weighted by Gasteiger charge is 2.18. The maximum Gasteiger partial charge on any atom is 0.125 e. The van der Waals surface area contributed by atoms with Gasteiger partial charge in [-0.2, -0.15) is 0 Å². The molecule has 112 valence electrons. The minimum atomic E-state index is 0.429. The Kier molecular flexibility index (Phi) is 5.86. The lowest BCUT2D eigenvalue weighted by Gasteiger charge is -2.18. The van der Waals surface area contributed by atoms with Crippen molar-refractivity contribution in [3.63, 3.8) is 0 Å². The van der Waals surface area contributed by atoms with Crippen molar-refractivity contribution in [3.05, 3.63) is 28.8 Å². The van der Waals surface area contributed by atoms with Crippen molar-refractivity contribution in [2.75, 3.05) is 20.3 Å². The first-order chi connectivity index (χ1) is 9.70. The average molecular weight is 277 g/mol. The fourth-order valence-electron chi connectivity index (χ4n) is 2.91. The summed E-state index contributed by atoms with van der Waals surface area (Å²) in [6.45, 7) is 6.82. The number of nitrogens with one attached hydrogen (secondary N) is 1. The van der Waals surface area contributed by atoms with Crippen LogP contribution in [0.2, 0.25) is 0 Å². The van der Waals surface area contributed by atoms with Gasteiger partial charge in [0.1, 0.15) is 5.75 Å². The fourth-order valence-corrected chi connectivity index (χ4v) is 2.91. The van der Waals surface area contributed by atoms with Gasteiger partial charge in [0.05, 0.1) is 12.7 Å². The molecule has 0 radical (unpaired) electrons. The van der Waals surface area contributed by atoms with Crippen LogP contribution in [0.3, 0.4) is 0 Å². The predicted octanol–water partition coefficient (Wildman–Crippen LogP) is 3.36. The van der Waals surface area contributed by atoms with E-state index >= 15 is 0 Å². The third-order valence-corrected chi connectivity index (χ3v) is 3.92. The lowest BCUT2D eigenvalue weighted by Crippen LogP contribution is -2.19. The van der Waals surface area contributed by atoms with Gasteiger partial charge in [0.2, 0.25) is 0 Å². The van der Waals surface area contributed by atoms with Crippen LogP contribution in [0.1, 0.15) is 42.4 Å². The Morgan fingerprint density at radius 2 is 1.80 bits per heavy atom. The monoisotopic (exact) mass is 277 g/mol. The molecule has 0 amide bonds. The summed E-state index contributed by atoms with van der Waals surface area (Å²) in [6.07, 6.45) is 5.46. The van der Waals surface area contributed by atoms with E-state index in [4.69, 9.17) is 9.47 Å². The topological polar surface area (TPSA) is 30.5 Å². The number of hydrogen-bond acceptors (Lipinski definition) is 3. The highest BCUT2D eigenvalue weighted by atomic mass is 16.5. The molecule has 1 aromatic carbocycles. The van der Waals surface area contributed by atoms with Crippen molar-refractivity contribution in [3.8, 4) is 5.75 Å². The zero-order chi connectivity index (χ0) is 14.4. The van der Waals surface area contributed by atoms with E-state index in [9.17, 15) is 0 Å². The first-order valence-corrected chi connectivity index (χ1v) is 7.67. The second-order valence-electron chi connectivity index (χ2n) is 5.75. The Labute approximate surface area is 122 Å². The predicted molar refractivity (Wildman–Crippen MR) is 82.4 cm³/mol. The van der Waals surface area contributed by atoms with E-state index in [-0.39, 0.29) is 0 Å². The SMILES string of the molecule is COCCNCc1cc(C)c(OC2CCCC2)c(C)c1. The second-order valence-corrected chi connectivity index (χ2v) is 5.75. The van der Waals surface area contributed by atoms with Gasteiger partial charge in [-0.25, -0.2) is 0 Å². The van der Waals surface area contributed by atoms with Crippen molar-refractivity contribution in [2.24, 2.45) is 0 Å².